The lowest BCUT2D eigenvalue weighted by Gasteiger charge is -2.15. The first-order valence-electron chi connectivity index (χ1n) is 11.3. The van der Waals surface area contributed by atoms with Gasteiger partial charge in [-0.2, -0.15) is 5.26 Å². The Balaban J connectivity index is 1.62. The third-order valence-corrected chi connectivity index (χ3v) is 5.38. The summed E-state index contributed by atoms with van der Waals surface area (Å²) in [7, 11) is 0. The molecule has 0 bridgehead atoms. The van der Waals surface area contributed by atoms with Gasteiger partial charge in [-0.3, -0.25) is 0 Å². The molecule has 1 atom stereocenters. The number of nitrogens with zero attached hydrogens (tertiary/aromatic N) is 1. The second-order valence-corrected chi connectivity index (χ2v) is 8.06. The first-order valence-corrected chi connectivity index (χ1v) is 11.3. The molecule has 3 aromatic rings. The molecule has 0 aliphatic heterocycles. The predicted octanol–water partition coefficient (Wildman–Crippen LogP) is 7.64. The number of unbranched alkanes of at least 4 members (excludes halogenated alkanes) is 3. The molecule has 0 saturated carbocycles. The number of hydrogen-bond donors (Lipinski definition) is 0. The average Bonchev–Trinajstić information content (AvgIpc) is 2.81. The quantitative estimate of drug-likeness (QED) is 0.265. The van der Waals surface area contributed by atoms with Crippen LogP contribution in [0.5, 0.6) is 5.75 Å². The van der Waals surface area contributed by atoms with Crippen LogP contribution in [0.1, 0.15) is 62.6 Å². The van der Waals surface area contributed by atoms with E-state index in [4.69, 9.17) is 10.00 Å². The molecule has 3 aromatic carbocycles. The molecular weight excluding hydrogens is 416 g/mol. The highest BCUT2D eigenvalue weighted by molar-refractivity contribution is 5.65. The molecule has 0 aromatic heterocycles. The standard InChI is InChI=1S/C29H27F2NO/c1-3-4-5-6-7-21(2)33-26-16-14-25(15-17-26)24-12-10-22(11-13-24)8-9-23-18-28(30)27(20-32)29(31)19-23/h10-19,21H,3-7H2,1-2H3/t21-/m0/s1. The molecule has 168 valence electrons. The molecule has 4 heteroatoms. The summed E-state index contributed by atoms with van der Waals surface area (Å²) >= 11 is 0. The Labute approximate surface area is 194 Å². The highest BCUT2D eigenvalue weighted by Crippen LogP contribution is 2.24. The molecule has 0 aliphatic rings. The van der Waals surface area contributed by atoms with Gasteiger partial charge < -0.3 is 4.74 Å². The van der Waals surface area contributed by atoms with Crippen molar-refractivity contribution in [3.63, 3.8) is 0 Å². The maximum absolute atomic E-state index is 13.7. The third kappa shape index (κ3) is 6.93. The van der Waals surface area contributed by atoms with Crippen molar-refractivity contribution >= 4 is 0 Å². The van der Waals surface area contributed by atoms with E-state index in [1.54, 1.807) is 0 Å². The van der Waals surface area contributed by atoms with E-state index in [1.165, 1.54) is 31.8 Å². The number of benzene rings is 3. The summed E-state index contributed by atoms with van der Waals surface area (Å²) in [5.41, 5.74) is 2.41. The van der Waals surface area contributed by atoms with Gasteiger partial charge in [-0.05, 0) is 67.3 Å². The number of halogens is 2. The Bertz CT molecular complexity index is 1140. The summed E-state index contributed by atoms with van der Waals surface area (Å²) in [4.78, 5) is 0. The summed E-state index contributed by atoms with van der Waals surface area (Å²) in [5, 5.41) is 8.75. The van der Waals surface area contributed by atoms with Crippen LogP contribution in [-0.2, 0) is 0 Å². The zero-order valence-electron chi connectivity index (χ0n) is 19.0. The van der Waals surface area contributed by atoms with Crippen LogP contribution in [0.4, 0.5) is 8.78 Å². The van der Waals surface area contributed by atoms with E-state index in [9.17, 15) is 8.78 Å². The van der Waals surface area contributed by atoms with Crippen LogP contribution in [0.3, 0.4) is 0 Å². The fourth-order valence-electron chi connectivity index (χ4n) is 3.52. The molecule has 2 nitrogen and oxygen atoms in total. The molecule has 0 unspecified atom stereocenters. The first-order chi connectivity index (χ1) is 16.0. The van der Waals surface area contributed by atoms with Gasteiger partial charge in [0.1, 0.15) is 29.0 Å². The minimum absolute atomic E-state index is 0.184. The van der Waals surface area contributed by atoms with E-state index in [0.29, 0.717) is 0 Å². The zero-order valence-corrected chi connectivity index (χ0v) is 19.0. The van der Waals surface area contributed by atoms with Crippen LogP contribution in [0.25, 0.3) is 11.1 Å². The van der Waals surface area contributed by atoms with Gasteiger partial charge in [0, 0.05) is 11.1 Å². The SMILES string of the molecule is CCCCCC[C@H](C)Oc1ccc(-c2ccc(C#Cc3cc(F)c(C#N)c(F)c3)cc2)cc1. The first kappa shape index (κ1) is 24.0. The lowest BCUT2D eigenvalue weighted by Crippen LogP contribution is -2.11. The molecule has 0 aliphatic carbocycles. The second kappa shape index (κ2) is 11.8. The van der Waals surface area contributed by atoms with Crippen LogP contribution in [0.15, 0.2) is 60.7 Å². The van der Waals surface area contributed by atoms with Gasteiger partial charge in [0.15, 0.2) is 0 Å². The number of hydrogen-bond acceptors (Lipinski definition) is 2. The number of ether oxygens (including phenoxy) is 1. The highest BCUT2D eigenvalue weighted by Gasteiger charge is 2.09. The van der Waals surface area contributed by atoms with Gasteiger partial charge in [0.05, 0.1) is 6.10 Å². The van der Waals surface area contributed by atoms with Gasteiger partial charge in [-0.25, -0.2) is 8.78 Å². The van der Waals surface area contributed by atoms with Crippen LogP contribution in [0, 0.1) is 34.8 Å². The lowest BCUT2D eigenvalue weighted by molar-refractivity contribution is 0.206. The number of nitriles is 1. The highest BCUT2D eigenvalue weighted by atomic mass is 19.1. The van der Waals surface area contributed by atoms with E-state index in [-0.39, 0.29) is 11.7 Å². The molecule has 0 heterocycles. The van der Waals surface area contributed by atoms with Crippen LogP contribution < -0.4 is 4.74 Å². The van der Waals surface area contributed by atoms with Crippen LogP contribution >= 0.6 is 0 Å². The van der Waals surface area contributed by atoms with Crippen molar-refractivity contribution < 1.29 is 13.5 Å². The Kier molecular flexibility index (Phi) is 8.62. The van der Waals surface area contributed by atoms with Crippen LogP contribution in [-0.4, -0.2) is 6.10 Å². The van der Waals surface area contributed by atoms with Crippen molar-refractivity contribution in [1.82, 2.24) is 0 Å². The lowest BCUT2D eigenvalue weighted by atomic mass is 10.0. The topological polar surface area (TPSA) is 33.0 Å². The Morgan fingerprint density at radius 2 is 1.39 bits per heavy atom. The van der Waals surface area contributed by atoms with Gasteiger partial charge in [-0.15, -0.1) is 0 Å². The van der Waals surface area contributed by atoms with Crippen LogP contribution in [0.2, 0.25) is 0 Å². The second-order valence-electron chi connectivity index (χ2n) is 8.06. The van der Waals surface area contributed by atoms with Gasteiger partial charge in [0.25, 0.3) is 0 Å². The zero-order chi connectivity index (χ0) is 23.6. The summed E-state index contributed by atoms with van der Waals surface area (Å²) in [6, 6.07) is 19.3. The fraction of sp³-hybridized carbons (Fsp3) is 0.276. The van der Waals surface area contributed by atoms with Gasteiger partial charge in [0.2, 0.25) is 0 Å². The molecule has 0 N–H and O–H groups in total. The largest absolute Gasteiger partial charge is 0.491 e. The van der Waals surface area contributed by atoms with Crippen molar-refractivity contribution in [2.75, 3.05) is 0 Å². The van der Waals surface area contributed by atoms with E-state index in [2.05, 4.69) is 25.7 Å². The number of rotatable bonds is 8. The smallest absolute Gasteiger partial charge is 0.145 e. The third-order valence-electron chi connectivity index (χ3n) is 5.38. The van der Waals surface area contributed by atoms with Gasteiger partial charge in [-0.1, -0.05) is 62.3 Å². The minimum atomic E-state index is -0.907. The van der Waals surface area contributed by atoms with Crippen molar-refractivity contribution in [1.29, 1.82) is 5.26 Å². The molecular formula is C29H27F2NO. The molecule has 33 heavy (non-hydrogen) atoms. The monoisotopic (exact) mass is 443 g/mol. The average molecular weight is 444 g/mol. The summed E-state index contributed by atoms with van der Waals surface area (Å²) < 4.78 is 33.5. The summed E-state index contributed by atoms with van der Waals surface area (Å²) in [6.45, 7) is 4.32. The molecule has 0 spiro atoms. The maximum atomic E-state index is 13.7. The minimum Gasteiger partial charge on any atom is -0.491 e. The van der Waals surface area contributed by atoms with Crippen molar-refractivity contribution in [3.05, 3.63) is 89.0 Å². The fourth-order valence-corrected chi connectivity index (χ4v) is 3.52. The maximum Gasteiger partial charge on any atom is 0.145 e. The molecule has 0 amide bonds. The van der Waals surface area contributed by atoms with E-state index < -0.39 is 17.2 Å². The van der Waals surface area contributed by atoms with Crippen molar-refractivity contribution in [2.45, 2.75) is 52.1 Å². The summed E-state index contributed by atoms with van der Waals surface area (Å²) in [6.07, 6.45) is 6.22. The normalized spacial score (nSPS) is 11.2. The van der Waals surface area contributed by atoms with E-state index in [1.807, 2.05) is 48.5 Å². The Hall–Kier alpha value is -3.63. The summed E-state index contributed by atoms with van der Waals surface area (Å²) in [5.74, 6) is 4.70. The van der Waals surface area contributed by atoms with Crippen molar-refractivity contribution in [3.8, 4) is 34.8 Å². The van der Waals surface area contributed by atoms with E-state index >= 15 is 0 Å². The Morgan fingerprint density at radius 3 is 1.97 bits per heavy atom. The molecule has 0 saturated heterocycles. The molecule has 3 rings (SSSR count). The molecule has 0 fully saturated rings. The van der Waals surface area contributed by atoms with Crippen molar-refractivity contribution in [2.24, 2.45) is 0 Å². The van der Waals surface area contributed by atoms with Gasteiger partial charge >= 0.3 is 0 Å². The Morgan fingerprint density at radius 1 is 0.818 bits per heavy atom. The predicted molar refractivity (Wildman–Crippen MR) is 128 cm³/mol. The van der Waals surface area contributed by atoms with E-state index in [0.717, 1.165) is 41.0 Å². The molecule has 0 radical (unpaired) electrons.